The summed E-state index contributed by atoms with van der Waals surface area (Å²) in [5.74, 6) is 1.73. The van der Waals surface area contributed by atoms with E-state index in [-0.39, 0.29) is 32.4 Å². The summed E-state index contributed by atoms with van der Waals surface area (Å²) < 4.78 is 28.9. The Kier molecular flexibility index (Phi) is 9.55. The van der Waals surface area contributed by atoms with Gasteiger partial charge in [0.1, 0.15) is 11.5 Å². The van der Waals surface area contributed by atoms with Crippen molar-refractivity contribution < 1.29 is 28.5 Å². The molecule has 7 aromatic carbocycles. The standard InChI is InChI=1S/C57H49N4O.Pt/c1-39(2)33-42-21-14-28-53-55(42)61(56-47(40-17-8-6-9-18-40)25-16-26-48(56)41-19-10-7-11-20-41)37-60(53,38-61)44-22-15-23-45(35-44)62-46-29-30-50-49-24-12-13-27-51(49)59(52(50)36-46)54-34-43(31-32-58-54)57(3,4)5;/h6-32,34,37,39H,33,38H2,1-5H3;/q-1;/t60-,61-;/m1./s1/i33D2;. The second kappa shape index (κ2) is 15.6. The second-order valence-corrected chi connectivity index (χ2v) is 18.0. The monoisotopic (exact) mass is 1000 g/mol. The van der Waals surface area contributed by atoms with Crippen molar-refractivity contribution in [3.8, 4) is 39.6 Å². The van der Waals surface area contributed by atoms with Gasteiger partial charge in [0.2, 0.25) is 0 Å². The van der Waals surface area contributed by atoms with Gasteiger partial charge in [-0.15, -0.1) is 29.7 Å². The number of ether oxygens (including phenoxy) is 1. The Hall–Kier alpha value is -6.10. The summed E-state index contributed by atoms with van der Waals surface area (Å²) >= 11 is 0. The number of aromatic nitrogens is 2. The van der Waals surface area contributed by atoms with E-state index in [1.807, 2.05) is 50.4 Å². The first-order valence-electron chi connectivity index (χ1n) is 22.5. The predicted molar refractivity (Wildman–Crippen MR) is 256 cm³/mol. The van der Waals surface area contributed by atoms with Gasteiger partial charge in [-0.25, -0.2) is 4.98 Å². The molecule has 2 aromatic heterocycles. The van der Waals surface area contributed by atoms with Gasteiger partial charge < -0.3 is 13.8 Å². The van der Waals surface area contributed by atoms with Crippen molar-refractivity contribution in [2.24, 2.45) is 5.92 Å². The zero-order valence-electron chi connectivity index (χ0n) is 38.0. The van der Waals surface area contributed by atoms with Crippen molar-refractivity contribution in [3.05, 3.63) is 200 Å². The maximum Gasteiger partial charge on any atom is 0.184 e. The van der Waals surface area contributed by atoms with Crippen LogP contribution in [-0.2, 0) is 32.9 Å². The molecule has 5 heterocycles. The predicted octanol–water partition coefficient (Wildman–Crippen LogP) is 14.8. The maximum atomic E-state index is 9.61. The molecule has 5 nitrogen and oxygen atoms in total. The van der Waals surface area contributed by atoms with Crippen LogP contribution < -0.4 is 13.7 Å². The zero-order chi connectivity index (χ0) is 44.0. The molecule has 1 fully saturated rings. The number of hydrogen-bond donors (Lipinski definition) is 0. The topological polar surface area (TPSA) is 27.1 Å². The Labute approximate surface area is 388 Å². The fourth-order valence-electron chi connectivity index (χ4n) is 9.84. The van der Waals surface area contributed by atoms with E-state index in [1.54, 1.807) is 0 Å². The number of benzene rings is 7. The first-order chi connectivity index (χ1) is 30.9. The van der Waals surface area contributed by atoms with Gasteiger partial charge in [-0.3, -0.25) is 4.48 Å². The van der Waals surface area contributed by atoms with E-state index < -0.39 is 6.37 Å². The first kappa shape index (κ1) is 38.6. The van der Waals surface area contributed by atoms with E-state index in [4.69, 9.17) is 9.72 Å². The summed E-state index contributed by atoms with van der Waals surface area (Å²) in [5, 5.41) is 2.20. The number of quaternary nitrogens is 2. The number of rotatable bonds is 9. The van der Waals surface area contributed by atoms with E-state index in [9.17, 15) is 2.74 Å². The van der Waals surface area contributed by atoms with Crippen LogP contribution in [0.2, 0.25) is 0 Å². The smallest absolute Gasteiger partial charge is 0.184 e. The van der Waals surface area contributed by atoms with Gasteiger partial charge in [0.15, 0.2) is 18.0 Å². The molecule has 0 unspecified atom stereocenters. The number of nitrogens with zero attached hydrogens (tertiary/aromatic N) is 4. The Morgan fingerprint density at radius 2 is 1.35 bits per heavy atom. The van der Waals surface area contributed by atoms with E-state index in [2.05, 4.69) is 178 Å². The first-order valence-corrected chi connectivity index (χ1v) is 21.5. The summed E-state index contributed by atoms with van der Waals surface area (Å²) in [6.07, 6.45) is 0.292. The van der Waals surface area contributed by atoms with Gasteiger partial charge in [0, 0.05) is 75.5 Å². The Morgan fingerprint density at radius 1 is 0.698 bits per heavy atom. The third-order valence-corrected chi connectivity index (χ3v) is 12.5. The molecular formula is C57H49N4OPt-. The molecule has 0 amide bonds. The Balaban J connectivity index is 0.00000498. The SMILES string of the molecule is [2H]C([2H])(c1cccc2c1[N@@+]1(c3c(-c4ccccc4)cccc3-c3ccccc3)[CH-][N@+]2(c2[c-]c(Oc3[c-]c4c(cc3)c3ccccc3n4-c3cc(C(C)(C)C)ccn3)ccc2)C1)C(C)C.[Pt]. The summed E-state index contributed by atoms with van der Waals surface area (Å²) in [5.41, 5.74) is 12.4. The second-order valence-electron chi connectivity index (χ2n) is 18.0. The van der Waals surface area contributed by atoms with Crippen molar-refractivity contribution >= 4 is 44.6 Å². The van der Waals surface area contributed by atoms with Gasteiger partial charge in [0.25, 0.3) is 0 Å². The van der Waals surface area contributed by atoms with E-state index in [0.717, 1.165) is 72.6 Å². The molecule has 3 aliphatic rings. The number of fused-ring (bicyclic) bond motifs is 3. The molecule has 63 heavy (non-hydrogen) atoms. The van der Waals surface area contributed by atoms with Gasteiger partial charge in [-0.1, -0.05) is 143 Å². The number of hydrogen-bond acceptors (Lipinski definition) is 2. The van der Waals surface area contributed by atoms with E-state index in [1.165, 1.54) is 5.56 Å². The molecule has 6 heteroatoms. The number of para-hydroxylation sites is 3. The minimum atomic E-state index is -1.60. The largest absolute Gasteiger partial charge is 0.509 e. The van der Waals surface area contributed by atoms with E-state index in [0.29, 0.717) is 32.7 Å². The molecule has 0 spiro atoms. The van der Waals surface area contributed by atoms with Crippen LogP contribution in [-0.4, -0.2) is 16.2 Å². The van der Waals surface area contributed by atoms with Crippen molar-refractivity contribution in [2.45, 2.75) is 46.4 Å². The Bertz CT molecular complexity index is 3200. The fourth-order valence-corrected chi connectivity index (χ4v) is 9.84. The minimum Gasteiger partial charge on any atom is -0.509 e. The van der Waals surface area contributed by atoms with Crippen LogP contribution in [0.25, 0.3) is 49.9 Å². The summed E-state index contributed by atoms with van der Waals surface area (Å²) in [6.45, 7) is 13.6. The van der Waals surface area contributed by atoms with E-state index >= 15 is 0 Å². The van der Waals surface area contributed by atoms with Crippen LogP contribution in [0.15, 0.2) is 170 Å². The minimum absolute atomic E-state index is 0. The van der Waals surface area contributed by atoms with Crippen molar-refractivity contribution in [2.75, 3.05) is 6.67 Å². The molecule has 0 aliphatic carbocycles. The summed E-state index contributed by atoms with van der Waals surface area (Å²) in [7, 11) is 0. The molecule has 0 saturated carbocycles. The molecule has 0 radical (unpaired) electrons. The molecule has 3 aliphatic heterocycles. The molecule has 314 valence electrons. The average Bonchev–Trinajstić information content (AvgIpc) is 3.90. The summed E-state index contributed by atoms with van der Waals surface area (Å²) in [4.78, 5) is 4.86. The van der Waals surface area contributed by atoms with Crippen LogP contribution >= 0.6 is 0 Å². The van der Waals surface area contributed by atoms with Crippen molar-refractivity contribution in [3.63, 3.8) is 0 Å². The molecule has 9 aromatic rings. The van der Waals surface area contributed by atoms with Crippen molar-refractivity contribution in [1.29, 1.82) is 0 Å². The molecule has 2 bridgehead atoms. The fraction of sp³-hybridized carbons (Fsp3) is 0.158. The normalized spacial score (nSPS) is 18.4. The van der Waals surface area contributed by atoms with Crippen LogP contribution in [0.1, 0.15) is 48.5 Å². The van der Waals surface area contributed by atoms with Gasteiger partial charge in [-0.2, -0.15) is 12.1 Å². The third-order valence-electron chi connectivity index (χ3n) is 12.5. The quantitative estimate of drug-likeness (QED) is 0.106. The molecule has 1 saturated heterocycles. The number of pyridine rings is 1. The van der Waals surface area contributed by atoms with Gasteiger partial charge in [-0.05, 0) is 70.1 Å². The third kappa shape index (κ3) is 6.68. The van der Waals surface area contributed by atoms with Crippen LogP contribution in [0.3, 0.4) is 0 Å². The Morgan fingerprint density at radius 3 is 2.05 bits per heavy atom. The molecular weight excluding hydrogens is 952 g/mol. The van der Waals surface area contributed by atoms with Crippen LogP contribution in [0.4, 0.5) is 22.7 Å². The van der Waals surface area contributed by atoms with Gasteiger partial charge in [0.05, 0.1) is 6.67 Å². The molecule has 2 atom stereocenters. The van der Waals surface area contributed by atoms with Crippen molar-refractivity contribution in [1.82, 2.24) is 18.5 Å². The summed E-state index contributed by atoms with van der Waals surface area (Å²) in [6, 6.07) is 64.2. The molecule has 12 rings (SSSR count). The molecule has 0 N–H and O–H groups in total. The van der Waals surface area contributed by atoms with Gasteiger partial charge >= 0.3 is 0 Å². The van der Waals surface area contributed by atoms with Crippen LogP contribution in [0.5, 0.6) is 11.5 Å². The maximum absolute atomic E-state index is 9.61. The zero-order valence-corrected chi connectivity index (χ0v) is 38.3. The average molecular weight is 1000 g/mol. The van der Waals surface area contributed by atoms with Crippen LogP contribution in [0, 0.1) is 24.7 Å².